The molecule has 0 saturated carbocycles. The molecule has 2 amide bonds. The standard InChI is InChI=1S/C9H16N2O5/c1-10-8(14)2-3-9(15)11-4-7(5-12)16-6-13/h6-7,12H,2-5H2,1H3,(H,10,14)(H,11,15). The molecule has 0 spiro atoms. The van der Waals surface area contributed by atoms with E-state index in [1.54, 1.807) is 0 Å². The zero-order valence-electron chi connectivity index (χ0n) is 9.06. The van der Waals surface area contributed by atoms with Gasteiger partial charge in [0.05, 0.1) is 13.2 Å². The van der Waals surface area contributed by atoms with Gasteiger partial charge in [-0.05, 0) is 0 Å². The van der Waals surface area contributed by atoms with E-state index in [4.69, 9.17) is 5.11 Å². The van der Waals surface area contributed by atoms with Gasteiger partial charge in [-0.1, -0.05) is 0 Å². The van der Waals surface area contributed by atoms with E-state index >= 15 is 0 Å². The van der Waals surface area contributed by atoms with E-state index in [9.17, 15) is 14.4 Å². The van der Waals surface area contributed by atoms with E-state index in [1.807, 2.05) is 0 Å². The minimum absolute atomic E-state index is 0.0296. The molecule has 1 atom stereocenters. The molecule has 0 aromatic heterocycles. The monoisotopic (exact) mass is 232 g/mol. The molecule has 16 heavy (non-hydrogen) atoms. The van der Waals surface area contributed by atoms with Crippen molar-refractivity contribution in [2.24, 2.45) is 0 Å². The van der Waals surface area contributed by atoms with Crippen LogP contribution in [0.15, 0.2) is 0 Å². The first-order chi connectivity index (χ1) is 7.63. The highest BCUT2D eigenvalue weighted by molar-refractivity contribution is 5.83. The maximum atomic E-state index is 11.2. The largest absolute Gasteiger partial charge is 0.460 e. The van der Waals surface area contributed by atoms with Crippen LogP contribution in [0.4, 0.5) is 0 Å². The number of carbonyl (C=O) groups excluding carboxylic acids is 3. The summed E-state index contributed by atoms with van der Waals surface area (Å²) >= 11 is 0. The normalized spacial score (nSPS) is 11.4. The molecule has 7 heteroatoms. The van der Waals surface area contributed by atoms with Crippen LogP contribution in [-0.2, 0) is 19.1 Å². The van der Waals surface area contributed by atoms with E-state index < -0.39 is 6.10 Å². The van der Waals surface area contributed by atoms with Gasteiger partial charge >= 0.3 is 0 Å². The van der Waals surface area contributed by atoms with Crippen LogP contribution in [0, 0.1) is 0 Å². The fourth-order valence-electron chi connectivity index (χ4n) is 0.902. The Balaban J connectivity index is 3.70. The highest BCUT2D eigenvalue weighted by Crippen LogP contribution is 1.90. The second-order valence-corrected chi connectivity index (χ2v) is 3.01. The maximum absolute atomic E-state index is 11.2. The summed E-state index contributed by atoms with van der Waals surface area (Å²) in [7, 11) is 1.49. The molecular formula is C9H16N2O5. The molecule has 0 heterocycles. The minimum Gasteiger partial charge on any atom is -0.460 e. The van der Waals surface area contributed by atoms with Crippen LogP contribution in [0.1, 0.15) is 12.8 Å². The second-order valence-electron chi connectivity index (χ2n) is 3.01. The summed E-state index contributed by atoms with van der Waals surface area (Å²) in [6.45, 7) is -0.131. The summed E-state index contributed by atoms with van der Waals surface area (Å²) in [5.74, 6) is -0.561. The number of nitrogens with one attached hydrogen (secondary N) is 2. The molecule has 0 aliphatic carbocycles. The van der Waals surface area contributed by atoms with Gasteiger partial charge in [0.1, 0.15) is 6.10 Å². The molecule has 0 aliphatic rings. The molecule has 0 radical (unpaired) electrons. The molecule has 0 bridgehead atoms. The third kappa shape index (κ3) is 6.77. The SMILES string of the molecule is CNC(=O)CCC(=O)NCC(CO)OC=O. The van der Waals surface area contributed by atoms with Crippen LogP contribution in [0.25, 0.3) is 0 Å². The molecule has 0 aromatic carbocycles. The van der Waals surface area contributed by atoms with E-state index in [2.05, 4.69) is 15.4 Å². The zero-order valence-corrected chi connectivity index (χ0v) is 9.06. The zero-order chi connectivity index (χ0) is 12.4. The van der Waals surface area contributed by atoms with Gasteiger partial charge in [0, 0.05) is 19.9 Å². The van der Waals surface area contributed by atoms with Crippen molar-refractivity contribution in [2.75, 3.05) is 20.2 Å². The Morgan fingerprint density at radius 2 is 2.00 bits per heavy atom. The molecule has 0 fully saturated rings. The van der Waals surface area contributed by atoms with Crippen LogP contribution >= 0.6 is 0 Å². The number of aliphatic hydroxyl groups is 1. The molecular weight excluding hydrogens is 216 g/mol. The first kappa shape index (κ1) is 14.4. The van der Waals surface area contributed by atoms with Crippen LogP contribution in [0.3, 0.4) is 0 Å². The number of hydrogen-bond acceptors (Lipinski definition) is 5. The summed E-state index contributed by atoms with van der Waals surface area (Å²) in [6.07, 6.45) is -0.596. The number of ether oxygens (including phenoxy) is 1. The van der Waals surface area contributed by atoms with E-state index in [-0.39, 0.29) is 44.3 Å². The molecule has 0 aromatic rings. The Kier molecular flexibility index (Phi) is 7.78. The third-order valence-electron chi connectivity index (χ3n) is 1.84. The molecule has 3 N–H and O–H groups in total. The van der Waals surface area contributed by atoms with Gasteiger partial charge in [-0.25, -0.2) is 0 Å². The first-order valence-electron chi connectivity index (χ1n) is 4.81. The summed E-state index contributed by atoms with van der Waals surface area (Å²) < 4.78 is 4.46. The summed E-state index contributed by atoms with van der Waals surface area (Å²) in [4.78, 5) is 32.0. The van der Waals surface area contributed by atoms with Crippen LogP contribution in [-0.4, -0.2) is 49.7 Å². The van der Waals surface area contributed by atoms with Crippen molar-refractivity contribution >= 4 is 18.3 Å². The van der Waals surface area contributed by atoms with Crippen molar-refractivity contribution in [2.45, 2.75) is 18.9 Å². The van der Waals surface area contributed by atoms with Gasteiger partial charge in [-0.15, -0.1) is 0 Å². The Morgan fingerprint density at radius 3 is 2.50 bits per heavy atom. The van der Waals surface area contributed by atoms with Gasteiger partial charge < -0.3 is 20.5 Å². The summed E-state index contributed by atoms with van der Waals surface area (Å²) in [6, 6.07) is 0. The van der Waals surface area contributed by atoms with E-state index in [0.29, 0.717) is 0 Å². The number of aliphatic hydroxyl groups excluding tert-OH is 1. The third-order valence-corrected chi connectivity index (χ3v) is 1.84. The second kappa shape index (κ2) is 8.66. The maximum Gasteiger partial charge on any atom is 0.293 e. The lowest BCUT2D eigenvalue weighted by Crippen LogP contribution is -2.36. The van der Waals surface area contributed by atoms with E-state index in [0.717, 1.165) is 0 Å². The predicted octanol–water partition coefficient (Wildman–Crippen LogP) is -1.84. The Hall–Kier alpha value is -1.63. The average Bonchev–Trinajstić information content (AvgIpc) is 2.31. The quantitative estimate of drug-likeness (QED) is 0.427. The first-order valence-corrected chi connectivity index (χ1v) is 4.81. The smallest absolute Gasteiger partial charge is 0.293 e. The van der Waals surface area contributed by atoms with Crippen molar-refractivity contribution in [3.05, 3.63) is 0 Å². The number of rotatable bonds is 8. The Bertz CT molecular complexity index is 244. The minimum atomic E-state index is -0.749. The van der Waals surface area contributed by atoms with Gasteiger partial charge in [0.25, 0.3) is 6.47 Å². The topological polar surface area (TPSA) is 105 Å². The number of hydrogen-bond donors (Lipinski definition) is 3. The van der Waals surface area contributed by atoms with Crippen molar-refractivity contribution in [1.82, 2.24) is 10.6 Å². The fourth-order valence-corrected chi connectivity index (χ4v) is 0.902. The fraction of sp³-hybridized carbons (Fsp3) is 0.667. The van der Waals surface area contributed by atoms with Gasteiger partial charge in [0.15, 0.2) is 0 Å². The molecule has 7 nitrogen and oxygen atoms in total. The lowest BCUT2D eigenvalue weighted by atomic mass is 10.2. The Labute approximate surface area is 93.2 Å². The number of carbonyl (C=O) groups is 3. The molecule has 0 aliphatic heterocycles. The van der Waals surface area contributed by atoms with Crippen LogP contribution < -0.4 is 10.6 Å². The van der Waals surface area contributed by atoms with Gasteiger partial charge in [0.2, 0.25) is 11.8 Å². The summed E-state index contributed by atoms with van der Waals surface area (Å²) in [5.41, 5.74) is 0. The Morgan fingerprint density at radius 1 is 1.38 bits per heavy atom. The lowest BCUT2D eigenvalue weighted by Gasteiger charge is -2.12. The van der Waals surface area contributed by atoms with Crippen molar-refractivity contribution in [3.63, 3.8) is 0 Å². The average molecular weight is 232 g/mol. The molecule has 0 saturated heterocycles. The van der Waals surface area contributed by atoms with Crippen molar-refractivity contribution < 1.29 is 24.2 Å². The highest BCUT2D eigenvalue weighted by Gasteiger charge is 2.10. The molecule has 0 rings (SSSR count). The van der Waals surface area contributed by atoms with Gasteiger partial charge in [-0.2, -0.15) is 0 Å². The van der Waals surface area contributed by atoms with Crippen LogP contribution in [0.5, 0.6) is 0 Å². The van der Waals surface area contributed by atoms with E-state index in [1.165, 1.54) is 7.05 Å². The van der Waals surface area contributed by atoms with Crippen molar-refractivity contribution in [3.8, 4) is 0 Å². The predicted molar refractivity (Wildman–Crippen MR) is 54.3 cm³/mol. The summed E-state index contributed by atoms with van der Waals surface area (Å²) in [5, 5.41) is 13.5. The van der Waals surface area contributed by atoms with Crippen molar-refractivity contribution in [1.29, 1.82) is 0 Å². The number of amides is 2. The van der Waals surface area contributed by atoms with Crippen LogP contribution in [0.2, 0.25) is 0 Å². The molecule has 1 unspecified atom stereocenters. The molecule has 92 valence electrons. The lowest BCUT2D eigenvalue weighted by molar-refractivity contribution is -0.136. The highest BCUT2D eigenvalue weighted by atomic mass is 16.5. The van der Waals surface area contributed by atoms with Gasteiger partial charge in [-0.3, -0.25) is 14.4 Å².